The highest BCUT2D eigenvalue weighted by Crippen LogP contribution is 2.64. The molecule has 0 aliphatic heterocycles. The van der Waals surface area contributed by atoms with Crippen LogP contribution in [0.25, 0.3) is 0 Å². The lowest BCUT2D eigenvalue weighted by atomic mass is 9.85. The van der Waals surface area contributed by atoms with Crippen LogP contribution in [0.5, 0.6) is 0 Å². The standard InChI is InChI=1S/C12H7F15O2/c1-4(5(28)29)2-3-6(13,14)8(16,17)10(20,21)9(18,19)7(15,11(22,23)24)12(25,26)27/h1-3H2,(H,28,29). The highest BCUT2D eigenvalue weighted by Gasteiger charge is 2.95. The van der Waals surface area contributed by atoms with Gasteiger partial charge in [0, 0.05) is 12.0 Å². The van der Waals surface area contributed by atoms with E-state index in [4.69, 9.17) is 5.11 Å². The third kappa shape index (κ3) is 3.95. The fourth-order valence-electron chi connectivity index (χ4n) is 1.73. The summed E-state index contributed by atoms with van der Waals surface area (Å²) in [5.74, 6) is -33.1. The van der Waals surface area contributed by atoms with Crippen molar-refractivity contribution in [2.45, 2.75) is 54.6 Å². The number of hydrogen-bond donors (Lipinski definition) is 1. The summed E-state index contributed by atoms with van der Waals surface area (Å²) in [4.78, 5) is 10.3. The zero-order valence-corrected chi connectivity index (χ0v) is 13.1. The first-order chi connectivity index (χ1) is 12.3. The van der Waals surface area contributed by atoms with Crippen LogP contribution in [-0.4, -0.2) is 52.8 Å². The van der Waals surface area contributed by atoms with Gasteiger partial charge in [-0.25, -0.2) is 9.18 Å². The average molecular weight is 468 g/mol. The van der Waals surface area contributed by atoms with Crippen LogP contribution in [-0.2, 0) is 4.79 Å². The number of carbonyl (C=O) groups is 1. The van der Waals surface area contributed by atoms with Gasteiger partial charge in [-0.3, -0.25) is 0 Å². The Hall–Kier alpha value is -1.84. The second kappa shape index (κ2) is 7.14. The summed E-state index contributed by atoms with van der Waals surface area (Å²) in [5.41, 5.74) is -9.72. The van der Waals surface area contributed by atoms with E-state index in [0.717, 1.165) is 0 Å². The van der Waals surface area contributed by atoms with Gasteiger partial charge < -0.3 is 5.11 Å². The summed E-state index contributed by atoms with van der Waals surface area (Å²) in [7, 11) is 0. The summed E-state index contributed by atoms with van der Waals surface area (Å²) >= 11 is 0. The van der Waals surface area contributed by atoms with Gasteiger partial charge in [-0.05, 0) is 6.42 Å². The Morgan fingerprint density at radius 3 is 1.28 bits per heavy atom. The molecule has 0 aromatic heterocycles. The minimum atomic E-state index is -8.48. The Bertz CT molecular complexity index is 629. The van der Waals surface area contributed by atoms with Crippen molar-refractivity contribution in [1.82, 2.24) is 0 Å². The SMILES string of the molecule is C=C(CCC(F)(F)C(F)(F)C(F)(F)C(F)(F)C(F)(C(F)(F)F)C(F)(F)F)C(=O)O. The molecule has 0 atom stereocenters. The van der Waals surface area contributed by atoms with Gasteiger partial charge in [0.2, 0.25) is 0 Å². The van der Waals surface area contributed by atoms with Crippen molar-refractivity contribution >= 4 is 5.97 Å². The van der Waals surface area contributed by atoms with Crippen molar-refractivity contribution in [3.63, 3.8) is 0 Å². The quantitative estimate of drug-likeness (QED) is 0.362. The van der Waals surface area contributed by atoms with Crippen LogP contribution in [0.2, 0.25) is 0 Å². The second-order valence-corrected chi connectivity index (χ2v) is 5.49. The summed E-state index contributed by atoms with van der Waals surface area (Å²) in [6.07, 6.45) is -20.6. The van der Waals surface area contributed by atoms with Gasteiger partial charge >= 0.3 is 47.7 Å². The molecule has 0 spiro atoms. The van der Waals surface area contributed by atoms with Gasteiger partial charge in [-0.1, -0.05) is 6.58 Å². The maximum atomic E-state index is 13.4. The molecule has 17 heteroatoms. The molecule has 0 saturated carbocycles. The van der Waals surface area contributed by atoms with E-state index in [9.17, 15) is 70.7 Å². The fraction of sp³-hybridized carbons (Fsp3) is 0.750. The molecule has 0 unspecified atom stereocenters. The lowest BCUT2D eigenvalue weighted by Gasteiger charge is -2.43. The van der Waals surface area contributed by atoms with E-state index in [1.54, 1.807) is 0 Å². The Labute approximate surface area is 150 Å². The van der Waals surface area contributed by atoms with Crippen molar-refractivity contribution in [2.24, 2.45) is 0 Å². The molecule has 0 bridgehead atoms. The van der Waals surface area contributed by atoms with Gasteiger partial charge in [0.1, 0.15) is 0 Å². The molecule has 0 aliphatic rings. The maximum absolute atomic E-state index is 13.4. The molecule has 0 fully saturated rings. The van der Waals surface area contributed by atoms with Crippen LogP contribution in [0.3, 0.4) is 0 Å². The highest BCUT2D eigenvalue weighted by atomic mass is 19.4. The summed E-state index contributed by atoms with van der Waals surface area (Å²) in [6.45, 7) is 2.48. The molecule has 0 rings (SSSR count). The third-order valence-corrected chi connectivity index (χ3v) is 3.51. The van der Waals surface area contributed by atoms with E-state index in [1.807, 2.05) is 0 Å². The topological polar surface area (TPSA) is 37.3 Å². The van der Waals surface area contributed by atoms with E-state index in [0.29, 0.717) is 0 Å². The van der Waals surface area contributed by atoms with Crippen LogP contribution in [0.1, 0.15) is 12.8 Å². The predicted molar refractivity (Wildman–Crippen MR) is 61.7 cm³/mol. The van der Waals surface area contributed by atoms with E-state index >= 15 is 0 Å². The van der Waals surface area contributed by atoms with Crippen molar-refractivity contribution < 1.29 is 75.8 Å². The van der Waals surface area contributed by atoms with E-state index in [1.165, 1.54) is 0 Å². The smallest absolute Gasteiger partial charge is 0.438 e. The lowest BCUT2D eigenvalue weighted by molar-refractivity contribution is -0.457. The monoisotopic (exact) mass is 468 g/mol. The number of hydrogen-bond acceptors (Lipinski definition) is 1. The average Bonchev–Trinajstić information content (AvgIpc) is 2.48. The Kier molecular flexibility index (Phi) is 6.69. The first kappa shape index (κ1) is 27.2. The molecule has 2 nitrogen and oxygen atoms in total. The molecule has 0 aromatic rings. The number of carboxylic acids is 1. The number of rotatable bonds is 8. The lowest BCUT2D eigenvalue weighted by Crippen LogP contribution is -2.75. The Morgan fingerprint density at radius 1 is 0.655 bits per heavy atom. The number of halogens is 15. The zero-order chi connectivity index (χ0) is 24.1. The van der Waals surface area contributed by atoms with Gasteiger partial charge in [0.15, 0.2) is 0 Å². The van der Waals surface area contributed by atoms with Crippen LogP contribution < -0.4 is 0 Å². The van der Waals surface area contributed by atoms with Crippen molar-refractivity contribution in [3.8, 4) is 0 Å². The molecule has 0 radical (unpaired) electrons. The predicted octanol–water partition coefficient (Wildman–Crippen LogP) is 5.78. The molecule has 0 saturated heterocycles. The minimum absolute atomic E-state index is 1.37. The van der Waals surface area contributed by atoms with Crippen molar-refractivity contribution in [2.75, 3.05) is 0 Å². The normalized spacial score (nSPS) is 15.4. The molecule has 0 heterocycles. The third-order valence-electron chi connectivity index (χ3n) is 3.51. The van der Waals surface area contributed by atoms with Gasteiger partial charge in [-0.15, -0.1) is 0 Å². The van der Waals surface area contributed by atoms with Crippen molar-refractivity contribution in [1.29, 1.82) is 0 Å². The summed E-state index contributed by atoms with van der Waals surface area (Å²) in [6, 6.07) is 0. The number of aliphatic carboxylic acids is 1. The van der Waals surface area contributed by atoms with Crippen LogP contribution in [0, 0.1) is 0 Å². The number of alkyl halides is 15. The van der Waals surface area contributed by atoms with Crippen LogP contribution in [0.4, 0.5) is 65.9 Å². The van der Waals surface area contributed by atoms with Crippen LogP contribution in [0.15, 0.2) is 12.2 Å². The molecular formula is C12H7F15O2. The first-order valence-corrected chi connectivity index (χ1v) is 6.57. The molecule has 0 amide bonds. The Morgan fingerprint density at radius 2 is 1.00 bits per heavy atom. The molecular weight excluding hydrogens is 461 g/mol. The minimum Gasteiger partial charge on any atom is -0.478 e. The number of carboxylic acid groups (broad SMARTS) is 1. The molecule has 0 aromatic carbocycles. The highest BCUT2D eigenvalue weighted by molar-refractivity contribution is 5.85. The summed E-state index contributed by atoms with van der Waals surface area (Å²) < 4.78 is 193. The first-order valence-electron chi connectivity index (χ1n) is 6.57. The van der Waals surface area contributed by atoms with Gasteiger partial charge in [0.05, 0.1) is 0 Å². The van der Waals surface area contributed by atoms with Gasteiger partial charge in [0.25, 0.3) is 0 Å². The van der Waals surface area contributed by atoms with E-state index in [-0.39, 0.29) is 0 Å². The second-order valence-electron chi connectivity index (χ2n) is 5.49. The zero-order valence-electron chi connectivity index (χ0n) is 13.1. The molecule has 0 aliphatic carbocycles. The van der Waals surface area contributed by atoms with Gasteiger partial charge in [-0.2, -0.15) is 61.5 Å². The molecule has 29 heavy (non-hydrogen) atoms. The largest absolute Gasteiger partial charge is 0.478 e. The molecule has 172 valence electrons. The molecule has 1 N–H and O–H groups in total. The van der Waals surface area contributed by atoms with Crippen LogP contribution >= 0.6 is 0 Å². The van der Waals surface area contributed by atoms with E-state index in [2.05, 4.69) is 6.58 Å². The van der Waals surface area contributed by atoms with Crippen molar-refractivity contribution in [3.05, 3.63) is 12.2 Å². The maximum Gasteiger partial charge on any atom is 0.438 e. The fourth-order valence-corrected chi connectivity index (χ4v) is 1.73. The van der Waals surface area contributed by atoms with E-state index < -0.39 is 66.1 Å². The summed E-state index contributed by atoms with van der Waals surface area (Å²) in [5, 5.41) is 8.26. The Balaban J connectivity index is 6.47.